The Balaban J connectivity index is 1.77. The predicted octanol–water partition coefficient (Wildman–Crippen LogP) is 2.78. The van der Waals surface area contributed by atoms with Crippen molar-refractivity contribution in [2.24, 2.45) is 10.2 Å². The second-order valence-electron chi connectivity index (χ2n) is 4.49. The van der Waals surface area contributed by atoms with Crippen molar-refractivity contribution in [1.29, 1.82) is 0 Å². The Bertz CT molecular complexity index is 628. The molecule has 0 aromatic heterocycles. The third kappa shape index (κ3) is 2.46. The van der Waals surface area contributed by atoms with Crippen molar-refractivity contribution in [2.45, 2.75) is 13.0 Å². The Morgan fingerprint density at radius 3 is 1.95 bits per heavy atom. The molecule has 0 amide bonds. The Hall–Kier alpha value is -2.26. The summed E-state index contributed by atoms with van der Waals surface area (Å²) in [5.41, 5.74) is 5.07. The minimum absolute atomic E-state index is 0.0680. The summed E-state index contributed by atoms with van der Waals surface area (Å²) in [5, 5.41) is 17.6. The lowest BCUT2D eigenvalue weighted by Crippen LogP contribution is -2.05. The van der Waals surface area contributed by atoms with Gasteiger partial charge >= 0.3 is 0 Å². The van der Waals surface area contributed by atoms with Gasteiger partial charge in [-0.25, -0.2) is 0 Å². The summed E-state index contributed by atoms with van der Waals surface area (Å²) < 4.78 is 0. The van der Waals surface area contributed by atoms with Crippen LogP contribution in [-0.4, -0.2) is 16.5 Å². The molecular weight excluding hydrogens is 236 g/mol. The molecule has 0 radical (unpaired) electrons. The smallest absolute Gasteiger partial charge is 0.0763 e. The van der Waals surface area contributed by atoms with Gasteiger partial charge in [0.25, 0.3) is 0 Å². The largest absolute Gasteiger partial charge is 0.392 e. The highest BCUT2D eigenvalue weighted by Gasteiger charge is 2.15. The second-order valence-corrected chi connectivity index (χ2v) is 4.49. The molecule has 0 saturated heterocycles. The van der Waals surface area contributed by atoms with Crippen LogP contribution in [0.3, 0.4) is 0 Å². The molecule has 0 fully saturated rings. The van der Waals surface area contributed by atoms with E-state index in [1.165, 1.54) is 0 Å². The fourth-order valence-corrected chi connectivity index (χ4v) is 2.10. The molecule has 1 aliphatic heterocycles. The minimum Gasteiger partial charge on any atom is -0.392 e. The van der Waals surface area contributed by atoms with Gasteiger partial charge in [-0.15, -0.1) is 0 Å². The Kier molecular flexibility index (Phi) is 3.21. The van der Waals surface area contributed by atoms with Crippen molar-refractivity contribution in [3.63, 3.8) is 0 Å². The molecule has 19 heavy (non-hydrogen) atoms. The Morgan fingerprint density at radius 1 is 0.789 bits per heavy atom. The zero-order valence-corrected chi connectivity index (χ0v) is 10.5. The van der Waals surface area contributed by atoms with E-state index in [1.807, 2.05) is 54.6 Å². The fraction of sp³-hybridized carbons (Fsp3) is 0.125. The first kappa shape index (κ1) is 11.8. The third-order valence-electron chi connectivity index (χ3n) is 3.20. The van der Waals surface area contributed by atoms with E-state index < -0.39 is 0 Å². The lowest BCUT2D eigenvalue weighted by molar-refractivity contribution is 0.282. The van der Waals surface area contributed by atoms with Gasteiger partial charge in [-0.05, 0) is 16.7 Å². The molecule has 0 atom stereocenters. The van der Waals surface area contributed by atoms with Crippen LogP contribution in [0, 0.1) is 0 Å². The molecule has 2 aromatic carbocycles. The number of aliphatic hydroxyl groups excluding tert-OH is 1. The first-order valence-electron chi connectivity index (χ1n) is 6.26. The lowest BCUT2D eigenvalue weighted by Gasteiger charge is -2.03. The van der Waals surface area contributed by atoms with Crippen LogP contribution in [0.2, 0.25) is 0 Å². The molecule has 0 aliphatic carbocycles. The summed E-state index contributed by atoms with van der Waals surface area (Å²) in [6, 6.07) is 17.9. The molecule has 0 bridgehead atoms. The number of benzene rings is 2. The number of hydrogen-bond acceptors (Lipinski definition) is 3. The predicted molar refractivity (Wildman–Crippen MR) is 76.5 cm³/mol. The molecule has 2 aromatic rings. The van der Waals surface area contributed by atoms with Gasteiger partial charge in [-0.1, -0.05) is 54.6 Å². The SMILES string of the molecule is OCc1ccc(C2=NN=C(c3ccccc3)C2)cc1. The number of hydrogen-bond donors (Lipinski definition) is 1. The van der Waals surface area contributed by atoms with Crippen LogP contribution < -0.4 is 0 Å². The van der Waals surface area contributed by atoms with E-state index in [1.54, 1.807) is 0 Å². The van der Waals surface area contributed by atoms with Crippen molar-refractivity contribution >= 4 is 11.4 Å². The van der Waals surface area contributed by atoms with Gasteiger partial charge in [-0.3, -0.25) is 0 Å². The summed E-state index contributed by atoms with van der Waals surface area (Å²) in [6.07, 6.45) is 0.752. The first-order chi connectivity index (χ1) is 9.36. The first-order valence-corrected chi connectivity index (χ1v) is 6.26. The summed E-state index contributed by atoms with van der Waals surface area (Å²) in [5.74, 6) is 0. The van der Waals surface area contributed by atoms with Gasteiger partial charge in [0.05, 0.1) is 18.0 Å². The monoisotopic (exact) mass is 250 g/mol. The van der Waals surface area contributed by atoms with Crippen LogP contribution in [-0.2, 0) is 6.61 Å². The van der Waals surface area contributed by atoms with Crippen molar-refractivity contribution < 1.29 is 5.11 Å². The van der Waals surface area contributed by atoms with Crippen molar-refractivity contribution in [3.05, 3.63) is 71.3 Å². The molecule has 3 rings (SSSR count). The van der Waals surface area contributed by atoms with Crippen LogP contribution in [0.1, 0.15) is 23.1 Å². The highest BCUT2D eigenvalue weighted by atomic mass is 16.3. The average molecular weight is 250 g/mol. The molecular formula is C16H14N2O. The van der Waals surface area contributed by atoms with E-state index in [2.05, 4.69) is 10.2 Å². The van der Waals surface area contributed by atoms with Crippen LogP contribution in [0.25, 0.3) is 0 Å². The molecule has 1 aliphatic rings. The van der Waals surface area contributed by atoms with E-state index in [9.17, 15) is 0 Å². The van der Waals surface area contributed by atoms with Crippen molar-refractivity contribution in [2.75, 3.05) is 0 Å². The summed E-state index contributed by atoms with van der Waals surface area (Å²) in [4.78, 5) is 0. The van der Waals surface area contributed by atoms with Gasteiger partial charge in [0.2, 0.25) is 0 Å². The van der Waals surface area contributed by atoms with Crippen LogP contribution in [0.15, 0.2) is 64.8 Å². The maximum absolute atomic E-state index is 9.03. The van der Waals surface area contributed by atoms with Gasteiger partial charge in [0, 0.05) is 6.42 Å². The number of aliphatic hydroxyl groups is 1. The summed E-state index contributed by atoms with van der Waals surface area (Å²) >= 11 is 0. The summed E-state index contributed by atoms with van der Waals surface area (Å²) in [6.45, 7) is 0.0680. The second kappa shape index (κ2) is 5.16. The van der Waals surface area contributed by atoms with E-state index in [-0.39, 0.29) is 6.61 Å². The maximum atomic E-state index is 9.03. The molecule has 1 N–H and O–H groups in total. The zero-order valence-electron chi connectivity index (χ0n) is 10.5. The molecule has 0 spiro atoms. The molecule has 0 unspecified atom stereocenters. The van der Waals surface area contributed by atoms with Gasteiger partial charge in [-0.2, -0.15) is 10.2 Å². The lowest BCUT2D eigenvalue weighted by atomic mass is 10.0. The fourth-order valence-electron chi connectivity index (χ4n) is 2.10. The average Bonchev–Trinajstić information content (AvgIpc) is 2.98. The quantitative estimate of drug-likeness (QED) is 0.894. The van der Waals surface area contributed by atoms with Crippen LogP contribution in [0.5, 0.6) is 0 Å². The van der Waals surface area contributed by atoms with Gasteiger partial charge < -0.3 is 5.11 Å². The van der Waals surface area contributed by atoms with E-state index in [0.29, 0.717) is 0 Å². The normalized spacial score (nSPS) is 14.2. The Labute approximate surface area is 111 Å². The highest BCUT2D eigenvalue weighted by molar-refractivity contribution is 6.20. The molecule has 3 heteroatoms. The highest BCUT2D eigenvalue weighted by Crippen LogP contribution is 2.17. The van der Waals surface area contributed by atoms with E-state index in [0.717, 1.165) is 34.5 Å². The topological polar surface area (TPSA) is 45.0 Å². The van der Waals surface area contributed by atoms with E-state index in [4.69, 9.17) is 5.11 Å². The van der Waals surface area contributed by atoms with Crippen molar-refractivity contribution in [1.82, 2.24) is 0 Å². The summed E-state index contributed by atoms with van der Waals surface area (Å²) in [7, 11) is 0. The van der Waals surface area contributed by atoms with E-state index >= 15 is 0 Å². The van der Waals surface area contributed by atoms with Crippen LogP contribution >= 0.6 is 0 Å². The molecule has 94 valence electrons. The van der Waals surface area contributed by atoms with Crippen molar-refractivity contribution in [3.8, 4) is 0 Å². The molecule has 3 nitrogen and oxygen atoms in total. The third-order valence-corrected chi connectivity index (χ3v) is 3.20. The minimum atomic E-state index is 0.0680. The standard InChI is InChI=1S/C16H14N2O/c19-11-12-6-8-14(9-7-12)16-10-15(17-18-16)13-4-2-1-3-5-13/h1-9,19H,10-11H2. The zero-order chi connectivity index (χ0) is 13.1. The molecule has 1 heterocycles. The van der Waals surface area contributed by atoms with Gasteiger partial charge in [0.15, 0.2) is 0 Å². The number of nitrogens with zero attached hydrogens (tertiary/aromatic N) is 2. The van der Waals surface area contributed by atoms with Gasteiger partial charge in [0.1, 0.15) is 0 Å². The maximum Gasteiger partial charge on any atom is 0.0763 e. The number of rotatable bonds is 3. The Morgan fingerprint density at radius 2 is 1.37 bits per heavy atom. The van der Waals surface area contributed by atoms with Crippen LogP contribution in [0.4, 0.5) is 0 Å². The molecule has 0 saturated carbocycles.